The fourth-order valence-electron chi connectivity index (χ4n) is 4.88. The zero-order valence-electron chi connectivity index (χ0n) is 22.8. The van der Waals surface area contributed by atoms with E-state index >= 15 is 0 Å². The van der Waals surface area contributed by atoms with Crippen molar-refractivity contribution < 1.29 is 43.0 Å². The van der Waals surface area contributed by atoms with Gasteiger partial charge < -0.3 is 43.0 Å². The van der Waals surface area contributed by atoms with Gasteiger partial charge in [-0.05, 0) is 49.2 Å². The van der Waals surface area contributed by atoms with Crippen LogP contribution in [0, 0.1) is 0 Å². The van der Waals surface area contributed by atoms with Crippen LogP contribution in [0.2, 0.25) is 0 Å². The summed E-state index contributed by atoms with van der Waals surface area (Å²) < 4.78 is 46.8. The lowest BCUT2D eigenvalue weighted by molar-refractivity contribution is -0.317. The van der Waals surface area contributed by atoms with Crippen molar-refractivity contribution >= 4 is 0 Å². The molecule has 9 heteroatoms. The molecular weight excluding hydrogens is 492 g/mol. The van der Waals surface area contributed by atoms with Crippen LogP contribution in [-0.2, 0) is 41.6 Å². The maximum atomic E-state index is 10.9. The lowest BCUT2D eigenvalue weighted by atomic mass is 10.00. The monoisotopic (exact) mass is 532 g/mol. The van der Waals surface area contributed by atoms with Crippen molar-refractivity contribution in [2.75, 3.05) is 21.3 Å². The second kappa shape index (κ2) is 13.7. The van der Waals surface area contributed by atoms with Gasteiger partial charge in [-0.15, -0.1) is 0 Å². The van der Waals surface area contributed by atoms with E-state index in [-0.39, 0.29) is 24.7 Å². The Morgan fingerprint density at radius 3 is 1.76 bits per heavy atom. The van der Waals surface area contributed by atoms with Gasteiger partial charge in [0.2, 0.25) is 0 Å². The SMILES string of the molecule is COc1ccc(CO[C@H]2[C@@H](O)C[C@@H](O[C@H]3[C@H](C)O[C@@H](OC)C[C@@H]3OCc3ccc(OC)cc3)O[C@@H]2C)cc1. The molecule has 1 N–H and O–H groups in total. The third kappa shape index (κ3) is 7.45. The first-order valence-corrected chi connectivity index (χ1v) is 13.1. The first-order valence-electron chi connectivity index (χ1n) is 13.1. The molecule has 8 atom stereocenters. The van der Waals surface area contributed by atoms with Crippen molar-refractivity contribution in [1.29, 1.82) is 0 Å². The van der Waals surface area contributed by atoms with Gasteiger partial charge in [0.05, 0.1) is 51.8 Å². The van der Waals surface area contributed by atoms with Gasteiger partial charge in [-0.3, -0.25) is 0 Å². The molecule has 2 fully saturated rings. The summed E-state index contributed by atoms with van der Waals surface area (Å²) in [5.41, 5.74) is 2.01. The van der Waals surface area contributed by atoms with E-state index in [0.29, 0.717) is 19.6 Å². The third-order valence-corrected chi connectivity index (χ3v) is 7.06. The average molecular weight is 533 g/mol. The normalized spacial score (nSPS) is 31.6. The highest BCUT2D eigenvalue weighted by Crippen LogP contribution is 2.31. The highest BCUT2D eigenvalue weighted by molar-refractivity contribution is 5.27. The number of hydrogen-bond acceptors (Lipinski definition) is 9. The highest BCUT2D eigenvalue weighted by Gasteiger charge is 2.43. The quantitative estimate of drug-likeness (QED) is 0.463. The van der Waals surface area contributed by atoms with Gasteiger partial charge in [0.25, 0.3) is 0 Å². The zero-order valence-corrected chi connectivity index (χ0v) is 22.8. The van der Waals surface area contributed by atoms with Crippen LogP contribution in [0.25, 0.3) is 0 Å². The summed E-state index contributed by atoms with van der Waals surface area (Å²) in [4.78, 5) is 0. The standard InChI is InChI=1S/C29H40O9/c1-18-28(35-17-21-8-12-23(32-4)13-9-21)24(30)14-27(37-18)38-29-19(2)36-26(33-5)15-25(29)34-16-20-6-10-22(31-3)11-7-20/h6-13,18-19,24-30H,14-17H2,1-5H3/t18-,19+,24+,25+,26-,27-,28-,29+/m1/s1. The topological polar surface area (TPSA) is 94.1 Å². The van der Waals surface area contributed by atoms with Crippen LogP contribution in [0.4, 0.5) is 0 Å². The predicted octanol–water partition coefficient (Wildman–Crippen LogP) is 3.84. The third-order valence-electron chi connectivity index (χ3n) is 7.06. The molecule has 2 heterocycles. The van der Waals surface area contributed by atoms with E-state index < -0.39 is 30.9 Å². The molecular formula is C29H40O9. The van der Waals surface area contributed by atoms with Gasteiger partial charge in [-0.1, -0.05) is 24.3 Å². The molecule has 0 bridgehead atoms. The number of rotatable bonds is 11. The molecule has 38 heavy (non-hydrogen) atoms. The molecule has 0 amide bonds. The minimum atomic E-state index is -0.743. The van der Waals surface area contributed by atoms with E-state index in [0.717, 1.165) is 22.6 Å². The molecule has 210 valence electrons. The van der Waals surface area contributed by atoms with Crippen LogP contribution in [-0.4, -0.2) is 75.6 Å². The Morgan fingerprint density at radius 1 is 0.711 bits per heavy atom. The largest absolute Gasteiger partial charge is 0.497 e. The molecule has 2 aliphatic rings. The molecule has 0 spiro atoms. The van der Waals surface area contributed by atoms with Crippen LogP contribution >= 0.6 is 0 Å². The molecule has 0 aliphatic carbocycles. The Bertz CT molecular complexity index is 955. The average Bonchev–Trinajstić information content (AvgIpc) is 2.93. The molecule has 2 aromatic rings. The van der Waals surface area contributed by atoms with E-state index in [1.807, 2.05) is 62.4 Å². The van der Waals surface area contributed by atoms with Crippen molar-refractivity contribution in [1.82, 2.24) is 0 Å². The molecule has 0 radical (unpaired) electrons. The first-order chi connectivity index (χ1) is 18.4. The number of hydrogen-bond donors (Lipinski definition) is 1. The predicted molar refractivity (Wildman–Crippen MR) is 139 cm³/mol. The lowest BCUT2D eigenvalue weighted by Gasteiger charge is -2.44. The van der Waals surface area contributed by atoms with E-state index in [9.17, 15) is 5.11 Å². The lowest BCUT2D eigenvalue weighted by Crippen LogP contribution is -2.55. The first kappa shape index (κ1) is 28.8. The van der Waals surface area contributed by atoms with E-state index in [2.05, 4.69) is 0 Å². The maximum absolute atomic E-state index is 10.9. The molecule has 9 nitrogen and oxygen atoms in total. The van der Waals surface area contributed by atoms with Gasteiger partial charge in [0.15, 0.2) is 12.6 Å². The van der Waals surface area contributed by atoms with Gasteiger partial charge >= 0.3 is 0 Å². The van der Waals surface area contributed by atoms with Crippen LogP contribution in [0.15, 0.2) is 48.5 Å². The van der Waals surface area contributed by atoms with Crippen LogP contribution < -0.4 is 9.47 Å². The van der Waals surface area contributed by atoms with Crippen LogP contribution in [0.5, 0.6) is 11.5 Å². The Kier molecular flexibility index (Phi) is 10.4. The van der Waals surface area contributed by atoms with E-state index in [1.54, 1.807) is 21.3 Å². The molecule has 2 aliphatic heterocycles. The number of benzene rings is 2. The van der Waals surface area contributed by atoms with Gasteiger partial charge in [-0.25, -0.2) is 0 Å². The number of aliphatic hydroxyl groups excluding tert-OH is 1. The Balaban J connectivity index is 1.34. The summed E-state index contributed by atoms with van der Waals surface area (Å²) in [5.74, 6) is 1.58. The maximum Gasteiger partial charge on any atom is 0.161 e. The molecule has 0 saturated carbocycles. The zero-order chi connectivity index (χ0) is 27.1. The minimum Gasteiger partial charge on any atom is -0.497 e. The molecule has 0 unspecified atom stereocenters. The summed E-state index contributed by atoms with van der Waals surface area (Å²) in [5, 5.41) is 10.9. The molecule has 2 aromatic carbocycles. The van der Waals surface area contributed by atoms with E-state index in [4.69, 9.17) is 37.9 Å². The van der Waals surface area contributed by atoms with Gasteiger partial charge in [0.1, 0.15) is 23.7 Å². The number of ether oxygens (including phenoxy) is 8. The fourth-order valence-corrected chi connectivity index (χ4v) is 4.88. The smallest absolute Gasteiger partial charge is 0.161 e. The van der Waals surface area contributed by atoms with Crippen molar-refractivity contribution in [3.05, 3.63) is 59.7 Å². The summed E-state index contributed by atoms with van der Waals surface area (Å²) in [6.45, 7) is 4.58. The fraction of sp³-hybridized carbons (Fsp3) is 0.586. The summed E-state index contributed by atoms with van der Waals surface area (Å²) in [6, 6.07) is 15.4. The molecule has 4 rings (SSSR count). The Morgan fingerprint density at radius 2 is 1.24 bits per heavy atom. The molecule has 0 aromatic heterocycles. The highest BCUT2D eigenvalue weighted by atomic mass is 16.7. The van der Waals surface area contributed by atoms with Crippen LogP contribution in [0.1, 0.15) is 37.8 Å². The minimum absolute atomic E-state index is 0.278. The van der Waals surface area contributed by atoms with Gasteiger partial charge in [-0.2, -0.15) is 0 Å². The van der Waals surface area contributed by atoms with Crippen molar-refractivity contribution in [3.8, 4) is 11.5 Å². The van der Waals surface area contributed by atoms with Crippen LogP contribution in [0.3, 0.4) is 0 Å². The second-order valence-corrected chi connectivity index (χ2v) is 9.74. The van der Waals surface area contributed by atoms with Crippen molar-refractivity contribution in [2.24, 2.45) is 0 Å². The number of methoxy groups -OCH3 is 3. The summed E-state index contributed by atoms with van der Waals surface area (Å²) in [6.07, 6.45) is -2.79. The second-order valence-electron chi connectivity index (χ2n) is 9.74. The van der Waals surface area contributed by atoms with Crippen molar-refractivity contribution in [2.45, 2.75) is 89.1 Å². The Labute approximate surface area is 224 Å². The summed E-state index contributed by atoms with van der Waals surface area (Å²) in [7, 11) is 4.89. The summed E-state index contributed by atoms with van der Waals surface area (Å²) >= 11 is 0. The van der Waals surface area contributed by atoms with E-state index in [1.165, 1.54) is 0 Å². The number of aliphatic hydroxyl groups is 1. The van der Waals surface area contributed by atoms with Gasteiger partial charge in [0, 0.05) is 20.0 Å². The Hall–Kier alpha value is -2.24. The van der Waals surface area contributed by atoms with Crippen molar-refractivity contribution in [3.63, 3.8) is 0 Å². The molecule has 2 saturated heterocycles.